The van der Waals surface area contributed by atoms with Crippen molar-refractivity contribution in [3.63, 3.8) is 0 Å². The minimum absolute atomic E-state index is 0.00124. The summed E-state index contributed by atoms with van der Waals surface area (Å²) in [4.78, 5) is 108. The van der Waals surface area contributed by atoms with Crippen molar-refractivity contribution in [3.8, 4) is 16.9 Å². The molecule has 4 aliphatic heterocycles. The van der Waals surface area contributed by atoms with Crippen LogP contribution in [0.1, 0.15) is 153 Å². The fraction of sp³-hybridized carbons (Fsp3) is 0.663. The Kier molecular flexibility index (Phi) is 46.4. The molecule has 35 nitrogen and oxygen atoms in total. The number of nitrogen functional groups attached to an aromatic ring is 1. The number of cyclic esters (lactones) is 1. The Labute approximate surface area is 771 Å². The number of amides is 4. The second-order valence-corrected chi connectivity index (χ2v) is 36.6. The van der Waals surface area contributed by atoms with Crippen LogP contribution in [0.15, 0.2) is 112 Å². The lowest BCUT2D eigenvalue weighted by Crippen LogP contribution is -2.61. The number of aromatic nitrogens is 1. The average Bonchev–Trinajstić information content (AvgIpc) is 1.64. The van der Waals surface area contributed by atoms with Crippen molar-refractivity contribution in [2.24, 2.45) is 40.6 Å². The minimum Gasteiger partial charge on any atom is -0.491 e. The number of carbonyl (C=O) groups excluding carboxylic acids is 7. The van der Waals surface area contributed by atoms with Gasteiger partial charge in [0.05, 0.1) is 141 Å². The number of nitrogens with zero attached hydrogens (tertiary/aromatic N) is 6. The summed E-state index contributed by atoms with van der Waals surface area (Å²) in [5.41, 5.74) is 20.6. The third kappa shape index (κ3) is 34.6. The standard InChI is InChI=1S/C95H141N9O26S/c1-63-17-13-12-14-18-64(2)82(116-9)59-75-24-20-70(8)95(113,130-75)90(108)92(110)104-33-16-15-19-79(104)93(111)128-83(60-78(101-102-97)66(4)54-69(7)88(107)89(118-11)87(106)68(6)53-63)67(5)55-71-21-27-81(84(57-71)117-10)129-94(112)99-31-36-120-39-41-122-43-45-124-47-49-126-51-50-125-48-46-123-44-42-121-40-38-119-35-30-86(105)98-32-52-131(114,115)76-25-26-77(65(3)56-76)91(109)103-34-37-127-80-28-22-72(58-74(80)62-103)73-23-29-85(96)100-61-73/h12-14,17-18,22-23,25-26,28-29,54,56,58,61,63,66-68,70-71,75,78-79,81-84,88-89,107,113H,15-16,19-21,24,27,30-53,55,57,59-60,62H2,1-11H3,(H2,96,100)(H,98,105)(H,99,112)/b14-12?,17-13+,64-18?,69-54+/t63-,66-,67-,68-,70-,71+,75+,78+,79+,81-,82+,83+,84-,88-,89+,95-/m1/s1. The number of rotatable bonds is 41. The number of aryl methyl sites for hydroxylation is 1. The number of anilines is 1. The molecule has 6 N–H and O–H groups in total. The molecule has 131 heavy (non-hydrogen) atoms. The highest BCUT2D eigenvalue weighted by Crippen LogP contribution is 2.40. The Morgan fingerprint density at radius 1 is 0.710 bits per heavy atom. The first-order valence-electron chi connectivity index (χ1n) is 45.9. The number of nitrogens with two attached hydrogens (primary N) is 1. The Bertz CT molecular complexity index is 4400. The van der Waals surface area contributed by atoms with Crippen LogP contribution >= 0.6 is 0 Å². The third-order valence-corrected chi connectivity index (χ3v) is 26.3. The summed E-state index contributed by atoms with van der Waals surface area (Å²) in [6, 6.07) is 11.7. The number of benzene rings is 2. The average molecular weight is 1860 g/mol. The predicted molar refractivity (Wildman–Crippen MR) is 487 cm³/mol. The zero-order valence-corrected chi connectivity index (χ0v) is 79.0. The molecule has 2 aromatic carbocycles. The van der Waals surface area contributed by atoms with Crippen molar-refractivity contribution < 1.29 is 123 Å². The van der Waals surface area contributed by atoms with Crippen LogP contribution in [-0.4, -0.2) is 301 Å². The van der Waals surface area contributed by atoms with Crippen LogP contribution in [0.3, 0.4) is 0 Å². The Morgan fingerprint density at radius 2 is 1.37 bits per heavy atom. The molecule has 1 aliphatic carbocycles. The fourth-order valence-corrected chi connectivity index (χ4v) is 18.1. The van der Waals surface area contributed by atoms with E-state index >= 15 is 0 Å². The molecule has 1 aromatic heterocycles. The number of ether oxygens (including phenoxy) is 15. The SMILES string of the molecule is CO[C@H]1C[C@@H]2CC[C@@H](C)[C@@](O)(O2)C(=O)C(=O)N2CCCC[C@H]2C(=O)O[C@H]([C@H](C)C[C@@H]2CC[C@@H](OC(=O)NCCOCCOCCOCCOCCOCCOCCOCCOCCC(=O)NCCS(=O)(=O)c3ccc(C(=O)N4CCOc5ccc(-c6ccc(N)nc6)cc5C4)c(C)c3)[C@H](OC)C2)C[C@H](N=[N+]=[N-])[C@H](C)/C=C(\C)[C@@H](O)[C@@H](OC)C(=O)[C@H](C)C[C@H](C)/C=C/C=CC=C1C. The summed E-state index contributed by atoms with van der Waals surface area (Å²) < 4.78 is 113. The van der Waals surface area contributed by atoms with Gasteiger partial charge < -0.3 is 107 Å². The number of Topliss-reactive ketones (excluding diaryl/α,β-unsaturated/α-hetero) is 2. The van der Waals surface area contributed by atoms with Gasteiger partial charge in [-0.2, -0.15) is 0 Å². The van der Waals surface area contributed by atoms with Crippen LogP contribution in [0.2, 0.25) is 0 Å². The lowest BCUT2D eigenvalue weighted by molar-refractivity contribution is -0.265. The molecular weight excluding hydrogens is 1720 g/mol. The van der Waals surface area contributed by atoms with Crippen molar-refractivity contribution in [2.45, 2.75) is 211 Å². The smallest absolute Gasteiger partial charge is 0.407 e. The van der Waals surface area contributed by atoms with Gasteiger partial charge in [-0.15, -0.1) is 0 Å². The Hall–Kier alpha value is -8.66. The number of azide groups is 1. The normalized spacial score (nSPS) is 26.3. The number of carbonyl (C=O) groups is 7. The molecule has 0 radical (unpaired) electrons. The molecule has 2 saturated heterocycles. The highest BCUT2D eigenvalue weighted by atomic mass is 32.2. The lowest BCUT2D eigenvalue weighted by Gasteiger charge is -2.43. The van der Waals surface area contributed by atoms with Crippen LogP contribution in [0.25, 0.3) is 21.6 Å². The van der Waals surface area contributed by atoms with Gasteiger partial charge in [0, 0.05) is 106 Å². The molecule has 3 fully saturated rings. The quantitative estimate of drug-likeness (QED) is 0.00670. The summed E-state index contributed by atoms with van der Waals surface area (Å²) in [5.74, 6) is -7.92. The van der Waals surface area contributed by atoms with Gasteiger partial charge in [-0.3, -0.25) is 24.0 Å². The molecule has 4 amide bonds. The number of esters is 1. The number of piperidine rings is 1. The highest BCUT2D eigenvalue weighted by molar-refractivity contribution is 7.91. The number of aliphatic hydroxyl groups excluding tert-OH is 1. The van der Waals surface area contributed by atoms with E-state index in [0.717, 1.165) is 22.3 Å². The Morgan fingerprint density at radius 3 is 1.99 bits per heavy atom. The number of hydrogen-bond acceptors (Lipinski definition) is 29. The second-order valence-electron chi connectivity index (χ2n) is 34.5. The Balaban J connectivity index is 0.655. The van der Waals surface area contributed by atoms with Gasteiger partial charge in [0.2, 0.25) is 11.7 Å². The van der Waals surface area contributed by atoms with Gasteiger partial charge in [0.1, 0.15) is 48.6 Å². The van der Waals surface area contributed by atoms with Crippen molar-refractivity contribution in [2.75, 3.05) is 171 Å². The molecule has 8 rings (SSSR count). The van der Waals surface area contributed by atoms with Crippen LogP contribution in [0.4, 0.5) is 10.6 Å². The minimum atomic E-state index is -3.79. The summed E-state index contributed by atoms with van der Waals surface area (Å²) in [5, 5.41) is 33.6. The van der Waals surface area contributed by atoms with Crippen LogP contribution in [0, 0.1) is 42.4 Å². The van der Waals surface area contributed by atoms with E-state index in [0.29, 0.717) is 185 Å². The summed E-state index contributed by atoms with van der Waals surface area (Å²) in [6.45, 7) is 20.6. The number of aliphatic hydroxyl groups is 2. The van der Waals surface area contributed by atoms with Crippen LogP contribution < -0.4 is 21.1 Å². The zero-order chi connectivity index (χ0) is 94.8. The number of fused-ring (bicyclic) bond motifs is 4. The number of pyridine rings is 1. The summed E-state index contributed by atoms with van der Waals surface area (Å²) in [6.07, 6.45) is 11.5. The number of methoxy groups -OCH3 is 3. The molecule has 16 atom stereocenters. The molecule has 3 aromatic rings. The molecule has 1 saturated carbocycles. The van der Waals surface area contributed by atoms with E-state index in [1.807, 2.05) is 82.3 Å². The van der Waals surface area contributed by atoms with E-state index in [4.69, 9.17) is 76.8 Å². The van der Waals surface area contributed by atoms with Crippen LogP contribution in [0.5, 0.6) is 5.75 Å². The van der Waals surface area contributed by atoms with E-state index in [1.165, 1.54) is 30.2 Å². The van der Waals surface area contributed by atoms with E-state index in [9.17, 15) is 57.7 Å². The van der Waals surface area contributed by atoms with Gasteiger partial charge in [-0.05, 0) is 185 Å². The second kappa shape index (κ2) is 56.5. The maximum atomic E-state index is 14.9. The van der Waals surface area contributed by atoms with Gasteiger partial charge >= 0.3 is 12.1 Å². The molecule has 5 aliphatic rings. The fourth-order valence-electron chi connectivity index (χ4n) is 16.9. The number of allylic oxidation sites excluding steroid dienone is 5. The maximum Gasteiger partial charge on any atom is 0.407 e. The molecular formula is C95H141N9O26S. The zero-order valence-electron chi connectivity index (χ0n) is 78.1. The number of hydrogen-bond donors (Lipinski definition) is 5. The first-order valence-corrected chi connectivity index (χ1v) is 47.6. The molecule has 36 heteroatoms. The monoisotopic (exact) mass is 1860 g/mol. The van der Waals surface area contributed by atoms with Gasteiger partial charge in [-0.25, -0.2) is 23.0 Å². The molecule has 0 unspecified atom stereocenters. The number of ketones is 2. The maximum absolute atomic E-state index is 14.9. The topological polar surface area (TPSA) is 451 Å². The number of sulfone groups is 1. The molecule has 5 heterocycles. The van der Waals surface area contributed by atoms with Crippen LogP contribution in [-0.2, 0) is 107 Å². The first kappa shape index (κ1) is 108. The van der Waals surface area contributed by atoms with E-state index < -0.39 is 118 Å². The van der Waals surface area contributed by atoms with E-state index in [-0.39, 0.29) is 112 Å². The highest BCUT2D eigenvalue weighted by Gasteiger charge is 2.53. The molecule has 2 bridgehead atoms. The number of nitrogens with one attached hydrogen (secondary N) is 2. The largest absolute Gasteiger partial charge is 0.491 e. The summed E-state index contributed by atoms with van der Waals surface area (Å²) in [7, 11) is 0.704. The molecule has 728 valence electrons. The van der Waals surface area contributed by atoms with Gasteiger partial charge in [0.15, 0.2) is 15.6 Å². The van der Waals surface area contributed by atoms with E-state index in [2.05, 4.69) is 25.6 Å². The molecule has 0 spiro atoms. The van der Waals surface area contributed by atoms with Crippen molar-refractivity contribution in [1.82, 2.24) is 25.4 Å². The van der Waals surface area contributed by atoms with Crippen molar-refractivity contribution >= 4 is 57.0 Å². The van der Waals surface area contributed by atoms with E-state index in [1.54, 1.807) is 65.2 Å². The van der Waals surface area contributed by atoms with Crippen molar-refractivity contribution in [1.29, 1.82) is 0 Å². The lowest BCUT2D eigenvalue weighted by atomic mass is 9.78. The first-order chi connectivity index (χ1) is 63.0. The predicted octanol–water partition coefficient (Wildman–Crippen LogP) is 10.1. The van der Waals surface area contributed by atoms with Crippen molar-refractivity contribution in [3.05, 3.63) is 129 Å². The third-order valence-electron chi connectivity index (χ3n) is 24.6. The summed E-state index contributed by atoms with van der Waals surface area (Å²) >= 11 is 0. The van der Waals surface area contributed by atoms with Gasteiger partial charge in [0.25, 0.3) is 17.6 Å². The van der Waals surface area contributed by atoms with Gasteiger partial charge in [-0.1, -0.05) is 82.3 Å². The number of alkyl carbamates (subject to hydrolysis) is 1.